The maximum Gasteiger partial charge on any atom is 0.142 e. The number of rotatable bonds is 6. The monoisotopic (exact) mass is 269 g/mol. The van der Waals surface area contributed by atoms with Crippen LogP contribution in [0.4, 0.5) is 5.69 Å². The SMILES string of the molecule is COc1cc(C)ccc1NC(C)CCc1ccccc1. The van der Waals surface area contributed by atoms with Crippen molar-refractivity contribution in [2.24, 2.45) is 0 Å². The van der Waals surface area contributed by atoms with Crippen LogP contribution < -0.4 is 10.1 Å². The molecule has 2 aromatic carbocycles. The second-order valence-corrected chi connectivity index (χ2v) is 5.27. The Morgan fingerprint density at radius 2 is 1.85 bits per heavy atom. The lowest BCUT2D eigenvalue weighted by Gasteiger charge is -2.18. The van der Waals surface area contributed by atoms with Gasteiger partial charge in [-0.25, -0.2) is 0 Å². The van der Waals surface area contributed by atoms with Crippen molar-refractivity contribution in [3.63, 3.8) is 0 Å². The van der Waals surface area contributed by atoms with Crippen molar-refractivity contribution in [1.82, 2.24) is 0 Å². The third-order valence-corrected chi connectivity index (χ3v) is 3.47. The van der Waals surface area contributed by atoms with Crippen molar-refractivity contribution in [2.75, 3.05) is 12.4 Å². The van der Waals surface area contributed by atoms with Gasteiger partial charge in [-0.1, -0.05) is 36.4 Å². The second-order valence-electron chi connectivity index (χ2n) is 5.27. The van der Waals surface area contributed by atoms with E-state index in [2.05, 4.69) is 67.7 Å². The Labute approximate surface area is 121 Å². The summed E-state index contributed by atoms with van der Waals surface area (Å²) in [4.78, 5) is 0. The summed E-state index contributed by atoms with van der Waals surface area (Å²) >= 11 is 0. The van der Waals surface area contributed by atoms with Crippen LogP contribution in [0, 0.1) is 6.92 Å². The molecule has 0 bridgehead atoms. The number of aryl methyl sites for hydroxylation is 2. The molecule has 0 heterocycles. The van der Waals surface area contributed by atoms with Gasteiger partial charge in [-0.15, -0.1) is 0 Å². The fourth-order valence-corrected chi connectivity index (χ4v) is 2.28. The summed E-state index contributed by atoms with van der Waals surface area (Å²) in [5.74, 6) is 0.913. The first-order chi connectivity index (χ1) is 9.69. The predicted octanol–water partition coefficient (Wildman–Crippen LogP) is 4.44. The van der Waals surface area contributed by atoms with Crippen LogP contribution in [0.25, 0.3) is 0 Å². The third-order valence-electron chi connectivity index (χ3n) is 3.47. The van der Waals surface area contributed by atoms with Crippen LogP contribution >= 0.6 is 0 Å². The molecule has 20 heavy (non-hydrogen) atoms. The number of ether oxygens (including phenoxy) is 1. The van der Waals surface area contributed by atoms with Gasteiger partial charge in [0.25, 0.3) is 0 Å². The molecule has 106 valence electrons. The zero-order valence-electron chi connectivity index (χ0n) is 12.5. The number of hydrogen-bond donors (Lipinski definition) is 1. The van der Waals surface area contributed by atoms with Gasteiger partial charge in [-0.05, 0) is 49.9 Å². The molecule has 1 unspecified atom stereocenters. The first kappa shape index (κ1) is 14.4. The van der Waals surface area contributed by atoms with Gasteiger partial charge in [0.1, 0.15) is 5.75 Å². The van der Waals surface area contributed by atoms with E-state index in [1.807, 2.05) is 0 Å². The molecule has 0 fully saturated rings. The highest BCUT2D eigenvalue weighted by Crippen LogP contribution is 2.26. The van der Waals surface area contributed by atoms with Gasteiger partial charge >= 0.3 is 0 Å². The number of hydrogen-bond acceptors (Lipinski definition) is 2. The fourth-order valence-electron chi connectivity index (χ4n) is 2.28. The normalized spacial score (nSPS) is 11.9. The Balaban J connectivity index is 1.93. The van der Waals surface area contributed by atoms with E-state index in [0.717, 1.165) is 24.3 Å². The third kappa shape index (κ3) is 4.02. The van der Waals surface area contributed by atoms with E-state index in [-0.39, 0.29) is 0 Å². The molecule has 0 radical (unpaired) electrons. The molecule has 0 saturated carbocycles. The van der Waals surface area contributed by atoms with Crippen molar-refractivity contribution >= 4 is 5.69 Å². The van der Waals surface area contributed by atoms with Crippen molar-refractivity contribution in [3.8, 4) is 5.75 Å². The van der Waals surface area contributed by atoms with E-state index < -0.39 is 0 Å². The van der Waals surface area contributed by atoms with Gasteiger partial charge in [-0.2, -0.15) is 0 Å². The van der Waals surface area contributed by atoms with Crippen LogP contribution in [0.5, 0.6) is 5.75 Å². The average molecular weight is 269 g/mol. The van der Waals surface area contributed by atoms with Crippen LogP contribution in [-0.4, -0.2) is 13.2 Å². The van der Waals surface area contributed by atoms with Crippen LogP contribution in [0.2, 0.25) is 0 Å². The first-order valence-corrected chi connectivity index (χ1v) is 7.14. The summed E-state index contributed by atoms with van der Waals surface area (Å²) in [7, 11) is 1.72. The zero-order chi connectivity index (χ0) is 14.4. The molecule has 0 aromatic heterocycles. The average Bonchev–Trinajstić information content (AvgIpc) is 2.48. The topological polar surface area (TPSA) is 21.3 Å². The Morgan fingerprint density at radius 1 is 1.10 bits per heavy atom. The summed E-state index contributed by atoms with van der Waals surface area (Å²) in [5, 5.41) is 3.53. The minimum absolute atomic E-state index is 0.409. The molecule has 0 aliphatic carbocycles. The summed E-state index contributed by atoms with van der Waals surface area (Å²) in [6.07, 6.45) is 2.18. The lowest BCUT2D eigenvalue weighted by Crippen LogP contribution is -2.16. The minimum atomic E-state index is 0.409. The maximum absolute atomic E-state index is 5.43. The summed E-state index contributed by atoms with van der Waals surface area (Å²) < 4.78 is 5.43. The highest BCUT2D eigenvalue weighted by Gasteiger charge is 2.07. The molecule has 0 aliphatic rings. The van der Waals surface area contributed by atoms with Gasteiger partial charge in [0, 0.05) is 6.04 Å². The van der Waals surface area contributed by atoms with Crippen molar-refractivity contribution in [2.45, 2.75) is 32.7 Å². The number of anilines is 1. The minimum Gasteiger partial charge on any atom is -0.495 e. The van der Waals surface area contributed by atoms with E-state index >= 15 is 0 Å². The molecule has 2 heteroatoms. The zero-order valence-corrected chi connectivity index (χ0v) is 12.5. The molecule has 2 nitrogen and oxygen atoms in total. The van der Waals surface area contributed by atoms with Gasteiger partial charge < -0.3 is 10.1 Å². The summed E-state index contributed by atoms with van der Waals surface area (Å²) in [6, 6.07) is 17.3. The van der Waals surface area contributed by atoms with Crippen LogP contribution in [0.3, 0.4) is 0 Å². The first-order valence-electron chi connectivity index (χ1n) is 7.14. The van der Waals surface area contributed by atoms with Gasteiger partial charge in [0.2, 0.25) is 0 Å². The van der Waals surface area contributed by atoms with E-state index in [4.69, 9.17) is 4.74 Å². The van der Waals surface area contributed by atoms with E-state index in [0.29, 0.717) is 6.04 Å². The smallest absolute Gasteiger partial charge is 0.142 e. The predicted molar refractivity (Wildman–Crippen MR) is 85.6 cm³/mol. The van der Waals surface area contributed by atoms with Gasteiger partial charge in [0.15, 0.2) is 0 Å². The molecular formula is C18H23NO. The lowest BCUT2D eigenvalue weighted by molar-refractivity contribution is 0.415. The Hall–Kier alpha value is -1.96. The highest BCUT2D eigenvalue weighted by molar-refractivity contribution is 5.58. The van der Waals surface area contributed by atoms with Crippen molar-refractivity contribution in [3.05, 3.63) is 59.7 Å². The lowest BCUT2D eigenvalue weighted by atomic mass is 10.1. The quantitative estimate of drug-likeness (QED) is 0.837. The van der Waals surface area contributed by atoms with Crippen LogP contribution in [0.1, 0.15) is 24.5 Å². The standard InChI is InChI=1S/C18H23NO/c1-14-9-12-17(18(13-14)20-3)19-15(2)10-11-16-7-5-4-6-8-16/h4-9,12-13,15,19H,10-11H2,1-3H3. The maximum atomic E-state index is 5.43. The number of benzene rings is 2. The molecule has 0 spiro atoms. The van der Waals surface area contributed by atoms with Crippen LogP contribution in [-0.2, 0) is 6.42 Å². The highest BCUT2D eigenvalue weighted by atomic mass is 16.5. The molecule has 1 atom stereocenters. The molecule has 0 aliphatic heterocycles. The Kier molecular flexibility index (Phi) is 5.05. The Bertz CT molecular complexity index is 536. The van der Waals surface area contributed by atoms with Gasteiger partial charge in [0.05, 0.1) is 12.8 Å². The number of nitrogens with one attached hydrogen (secondary N) is 1. The molecular weight excluding hydrogens is 246 g/mol. The largest absolute Gasteiger partial charge is 0.495 e. The van der Waals surface area contributed by atoms with E-state index in [1.54, 1.807) is 7.11 Å². The van der Waals surface area contributed by atoms with Crippen LogP contribution in [0.15, 0.2) is 48.5 Å². The van der Waals surface area contributed by atoms with Crippen molar-refractivity contribution < 1.29 is 4.74 Å². The second kappa shape index (κ2) is 6.99. The van der Waals surface area contributed by atoms with E-state index in [1.165, 1.54) is 11.1 Å². The summed E-state index contributed by atoms with van der Waals surface area (Å²) in [5.41, 5.74) is 3.67. The van der Waals surface area contributed by atoms with Crippen molar-refractivity contribution in [1.29, 1.82) is 0 Å². The summed E-state index contributed by atoms with van der Waals surface area (Å²) in [6.45, 7) is 4.29. The fraction of sp³-hybridized carbons (Fsp3) is 0.333. The van der Waals surface area contributed by atoms with Gasteiger partial charge in [-0.3, -0.25) is 0 Å². The molecule has 2 rings (SSSR count). The molecule has 0 saturated heterocycles. The Morgan fingerprint density at radius 3 is 2.55 bits per heavy atom. The number of methoxy groups -OCH3 is 1. The molecule has 0 amide bonds. The molecule has 2 aromatic rings. The van der Waals surface area contributed by atoms with E-state index in [9.17, 15) is 0 Å². The molecule has 1 N–H and O–H groups in total.